The second-order valence-electron chi connectivity index (χ2n) is 8.68. The molecule has 1 aromatic heterocycles. The largest absolute Gasteiger partial charge is 0.443 e. The molecular weight excluding hydrogens is 390 g/mol. The van der Waals surface area contributed by atoms with Gasteiger partial charge < -0.3 is 4.74 Å². The number of hydrazine groups is 1. The van der Waals surface area contributed by atoms with E-state index in [4.69, 9.17) is 4.74 Å². The van der Waals surface area contributed by atoms with Gasteiger partial charge in [0.1, 0.15) is 5.60 Å². The van der Waals surface area contributed by atoms with E-state index in [1.165, 1.54) is 4.57 Å². The van der Waals surface area contributed by atoms with Crippen LogP contribution in [0.2, 0.25) is 0 Å². The molecule has 0 fully saturated rings. The fourth-order valence-electron chi connectivity index (χ4n) is 3.45. The molecule has 31 heavy (non-hydrogen) atoms. The monoisotopic (exact) mass is 419 g/mol. The molecular formula is C25H29N3O3. The molecule has 6 nitrogen and oxygen atoms in total. The van der Waals surface area contributed by atoms with Crippen LogP contribution in [0.1, 0.15) is 50.0 Å². The Morgan fingerprint density at radius 1 is 1.03 bits per heavy atom. The summed E-state index contributed by atoms with van der Waals surface area (Å²) in [7, 11) is 0. The fourth-order valence-corrected chi connectivity index (χ4v) is 3.45. The highest BCUT2D eigenvalue weighted by atomic mass is 16.6. The van der Waals surface area contributed by atoms with Gasteiger partial charge in [-0.1, -0.05) is 42.5 Å². The van der Waals surface area contributed by atoms with Crippen molar-refractivity contribution in [2.24, 2.45) is 0 Å². The molecule has 0 radical (unpaired) electrons. The number of nitrogens with zero attached hydrogens (tertiary/aromatic N) is 1. The zero-order valence-corrected chi connectivity index (χ0v) is 18.4. The van der Waals surface area contributed by atoms with E-state index in [0.29, 0.717) is 12.0 Å². The molecule has 3 rings (SSSR count). The van der Waals surface area contributed by atoms with E-state index in [1.54, 1.807) is 24.4 Å². The van der Waals surface area contributed by atoms with E-state index in [0.717, 1.165) is 16.5 Å². The van der Waals surface area contributed by atoms with Gasteiger partial charge in [0.2, 0.25) is 0 Å². The number of carbonyl (C=O) groups excluding carboxylic acids is 2. The number of carbonyl (C=O) groups is 2. The zero-order valence-electron chi connectivity index (χ0n) is 18.4. The SMILES string of the molecule is C=CC[C@@](C)(NNC(=O)c1ccccc1)c1cn(C(=O)OC(C)(C)C)c2ccccc12. The first kappa shape index (κ1) is 22.3. The minimum atomic E-state index is -0.709. The summed E-state index contributed by atoms with van der Waals surface area (Å²) >= 11 is 0. The third-order valence-corrected chi connectivity index (χ3v) is 4.94. The average Bonchev–Trinajstić information content (AvgIpc) is 3.12. The van der Waals surface area contributed by atoms with Crippen molar-refractivity contribution in [3.05, 3.63) is 84.6 Å². The Morgan fingerprint density at radius 3 is 2.32 bits per heavy atom. The first-order valence-electron chi connectivity index (χ1n) is 10.2. The molecule has 0 aliphatic carbocycles. The minimum absolute atomic E-state index is 0.244. The van der Waals surface area contributed by atoms with Crippen molar-refractivity contribution in [3.8, 4) is 0 Å². The lowest BCUT2D eigenvalue weighted by Gasteiger charge is -2.30. The van der Waals surface area contributed by atoms with Crippen molar-refractivity contribution < 1.29 is 14.3 Å². The van der Waals surface area contributed by atoms with Crippen molar-refractivity contribution in [3.63, 3.8) is 0 Å². The van der Waals surface area contributed by atoms with Crippen LogP contribution >= 0.6 is 0 Å². The first-order valence-corrected chi connectivity index (χ1v) is 10.2. The van der Waals surface area contributed by atoms with Gasteiger partial charge in [-0.25, -0.2) is 10.2 Å². The van der Waals surface area contributed by atoms with Crippen LogP contribution in [0.15, 0.2) is 73.4 Å². The Balaban J connectivity index is 1.98. The predicted octanol–water partition coefficient (Wildman–Crippen LogP) is 5.15. The summed E-state index contributed by atoms with van der Waals surface area (Å²) in [6.07, 6.45) is 3.61. The molecule has 0 saturated carbocycles. The summed E-state index contributed by atoms with van der Waals surface area (Å²) < 4.78 is 7.10. The van der Waals surface area contributed by atoms with Gasteiger partial charge in [0.05, 0.1) is 11.1 Å². The standard InChI is InChI=1S/C25H29N3O3/c1-6-16-25(5,27-26-22(29)18-12-8-7-9-13-18)20-17-28(23(30)31-24(2,3)4)21-15-11-10-14-19(20)21/h6-15,17,27H,1,16H2,2-5H3,(H,26,29)/t25-/m1/s1. The van der Waals surface area contributed by atoms with Crippen molar-refractivity contribution in [2.75, 3.05) is 0 Å². The lowest BCUT2D eigenvalue weighted by molar-refractivity contribution is 0.0543. The quantitative estimate of drug-likeness (QED) is 0.428. The predicted molar refractivity (Wildman–Crippen MR) is 123 cm³/mol. The fraction of sp³-hybridized carbons (Fsp3) is 0.280. The summed E-state index contributed by atoms with van der Waals surface area (Å²) in [6.45, 7) is 11.3. The normalized spacial score (nSPS) is 13.4. The molecule has 2 aromatic carbocycles. The van der Waals surface area contributed by atoms with Crippen molar-refractivity contribution in [1.82, 2.24) is 15.4 Å². The van der Waals surface area contributed by atoms with Gasteiger partial charge in [0.25, 0.3) is 5.91 Å². The van der Waals surface area contributed by atoms with Crippen LogP contribution in [0.5, 0.6) is 0 Å². The smallest absolute Gasteiger partial charge is 0.419 e. The maximum atomic E-state index is 12.9. The minimum Gasteiger partial charge on any atom is -0.443 e. The van der Waals surface area contributed by atoms with E-state index in [9.17, 15) is 9.59 Å². The van der Waals surface area contributed by atoms with Gasteiger partial charge in [0, 0.05) is 22.7 Å². The molecule has 0 spiro atoms. The molecule has 0 saturated heterocycles. The maximum Gasteiger partial charge on any atom is 0.419 e. The molecule has 0 bridgehead atoms. The lowest BCUT2D eigenvalue weighted by Crippen LogP contribution is -2.50. The number of amides is 1. The number of para-hydroxylation sites is 1. The molecule has 0 unspecified atom stereocenters. The number of hydrogen-bond donors (Lipinski definition) is 2. The Hall–Kier alpha value is -3.38. The van der Waals surface area contributed by atoms with E-state index in [1.807, 2.05) is 70.2 Å². The number of ether oxygens (including phenoxy) is 1. The highest BCUT2D eigenvalue weighted by Crippen LogP contribution is 2.33. The third-order valence-electron chi connectivity index (χ3n) is 4.94. The highest BCUT2D eigenvalue weighted by Gasteiger charge is 2.31. The van der Waals surface area contributed by atoms with Gasteiger partial charge in [-0.15, -0.1) is 6.58 Å². The van der Waals surface area contributed by atoms with Crippen LogP contribution in [-0.2, 0) is 10.3 Å². The first-order chi connectivity index (χ1) is 14.6. The molecule has 1 heterocycles. The number of benzene rings is 2. The van der Waals surface area contributed by atoms with E-state index in [2.05, 4.69) is 17.4 Å². The Kier molecular flexibility index (Phi) is 6.32. The molecule has 0 aliphatic rings. The molecule has 162 valence electrons. The zero-order chi connectivity index (χ0) is 22.6. The average molecular weight is 420 g/mol. The molecule has 6 heteroatoms. The van der Waals surface area contributed by atoms with Crippen LogP contribution in [-0.4, -0.2) is 22.2 Å². The van der Waals surface area contributed by atoms with Gasteiger partial charge in [-0.3, -0.25) is 14.8 Å². The number of hydrogen-bond acceptors (Lipinski definition) is 4. The van der Waals surface area contributed by atoms with Crippen LogP contribution in [0.3, 0.4) is 0 Å². The third kappa shape index (κ3) is 5.03. The van der Waals surface area contributed by atoms with Gasteiger partial charge >= 0.3 is 6.09 Å². The molecule has 3 aromatic rings. The summed E-state index contributed by atoms with van der Waals surface area (Å²) in [4.78, 5) is 25.4. The number of aromatic nitrogens is 1. The van der Waals surface area contributed by atoms with E-state index < -0.39 is 17.2 Å². The molecule has 1 atom stereocenters. The second kappa shape index (κ2) is 8.78. The van der Waals surface area contributed by atoms with Gasteiger partial charge in [-0.2, -0.15) is 0 Å². The molecule has 2 N–H and O–H groups in total. The van der Waals surface area contributed by atoms with E-state index in [-0.39, 0.29) is 5.91 Å². The summed E-state index contributed by atoms with van der Waals surface area (Å²) in [5.74, 6) is -0.244. The van der Waals surface area contributed by atoms with Gasteiger partial charge in [0.15, 0.2) is 0 Å². The Labute approximate surface area is 182 Å². The van der Waals surface area contributed by atoms with Crippen LogP contribution in [0.25, 0.3) is 10.9 Å². The number of fused-ring (bicyclic) bond motifs is 1. The Bertz CT molecular complexity index is 1100. The van der Waals surface area contributed by atoms with Crippen molar-refractivity contribution in [2.45, 2.75) is 45.3 Å². The topological polar surface area (TPSA) is 72.4 Å². The molecule has 0 aliphatic heterocycles. The van der Waals surface area contributed by atoms with Crippen LogP contribution in [0.4, 0.5) is 4.79 Å². The second-order valence-corrected chi connectivity index (χ2v) is 8.68. The summed E-state index contributed by atoms with van der Waals surface area (Å²) in [5.41, 5.74) is 6.78. The van der Waals surface area contributed by atoms with Crippen molar-refractivity contribution >= 4 is 22.9 Å². The summed E-state index contributed by atoms with van der Waals surface area (Å²) in [5, 5.41) is 0.888. The maximum absolute atomic E-state index is 12.9. The molecule has 1 amide bonds. The van der Waals surface area contributed by atoms with Crippen molar-refractivity contribution in [1.29, 1.82) is 0 Å². The summed E-state index contributed by atoms with van der Waals surface area (Å²) in [6, 6.07) is 16.6. The Morgan fingerprint density at radius 2 is 1.68 bits per heavy atom. The number of nitrogens with one attached hydrogen (secondary N) is 2. The number of rotatable bonds is 6. The highest BCUT2D eigenvalue weighted by molar-refractivity contribution is 5.94. The van der Waals surface area contributed by atoms with Crippen LogP contribution < -0.4 is 10.9 Å². The van der Waals surface area contributed by atoms with E-state index >= 15 is 0 Å². The lowest BCUT2D eigenvalue weighted by atomic mass is 9.89. The van der Waals surface area contributed by atoms with Crippen LogP contribution in [0, 0.1) is 0 Å². The van der Waals surface area contributed by atoms with Gasteiger partial charge in [-0.05, 0) is 52.3 Å².